The summed E-state index contributed by atoms with van der Waals surface area (Å²) in [5.74, 6) is 1.51. The number of allylic oxidation sites excluding steroid dienone is 2. The Morgan fingerprint density at radius 3 is 1.18 bits per heavy atom. The third-order valence-electron chi connectivity index (χ3n) is 10.3. The molecule has 7 rings (SSSR count). The number of aromatic amines is 2. The van der Waals surface area contributed by atoms with Crippen molar-refractivity contribution in [2.75, 3.05) is 0 Å². The lowest BCUT2D eigenvalue weighted by Crippen LogP contribution is -1.96. The lowest BCUT2D eigenvalue weighted by molar-refractivity contribution is 1.09. The molecule has 0 unspecified atom stereocenters. The zero-order valence-corrected chi connectivity index (χ0v) is 31.2. The molecule has 50 heavy (non-hydrogen) atoms. The van der Waals surface area contributed by atoms with Crippen LogP contribution in [0.2, 0.25) is 0 Å². The van der Waals surface area contributed by atoms with Crippen LogP contribution >= 0.6 is 0 Å². The number of hydrogen-bond acceptors (Lipinski definition) is 4. The highest BCUT2D eigenvalue weighted by Crippen LogP contribution is 2.40. The minimum Gasteiger partial charge on any atom is -0.339 e. The predicted molar refractivity (Wildman–Crippen MR) is 211 cm³/mol. The van der Waals surface area contributed by atoms with Gasteiger partial charge in [-0.3, -0.25) is 0 Å². The molecule has 0 fully saturated rings. The van der Waals surface area contributed by atoms with Crippen LogP contribution in [0.5, 0.6) is 0 Å². The van der Waals surface area contributed by atoms with Crippen molar-refractivity contribution in [2.45, 2.75) is 94.9 Å². The van der Waals surface area contributed by atoms with Crippen molar-refractivity contribution in [3.05, 3.63) is 104 Å². The zero-order chi connectivity index (χ0) is 35.4. The molecule has 0 spiro atoms. The molecule has 254 valence electrons. The largest absolute Gasteiger partial charge is 0.339 e. The minimum atomic E-state index is 0.754. The Bertz CT molecular complexity index is 2270. The van der Waals surface area contributed by atoms with E-state index in [-0.39, 0.29) is 0 Å². The molecule has 5 heterocycles. The summed E-state index contributed by atoms with van der Waals surface area (Å²) in [6, 6.07) is 13.6. The number of aromatic nitrogens is 6. The number of nitrogens with one attached hydrogen (secondary N) is 2. The molecular weight excluding hydrogens is 613 g/mol. The van der Waals surface area contributed by atoms with E-state index in [1.165, 1.54) is 44.5 Å². The van der Waals surface area contributed by atoms with Crippen LogP contribution in [0.3, 0.4) is 0 Å². The molecule has 0 amide bonds. The van der Waals surface area contributed by atoms with Gasteiger partial charge in [0.2, 0.25) is 0 Å². The molecule has 0 aliphatic carbocycles. The van der Waals surface area contributed by atoms with Crippen LogP contribution in [-0.4, -0.2) is 29.9 Å². The molecule has 0 radical (unpaired) electrons. The van der Waals surface area contributed by atoms with E-state index < -0.39 is 0 Å². The van der Waals surface area contributed by atoms with Crippen LogP contribution in [0.15, 0.2) is 36.4 Å². The fourth-order valence-electron chi connectivity index (χ4n) is 8.01. The van der Waals surface area contributed by atoms with E-state index in [9.17, 15) is 0 Å². The highest BCUT2D eigenvalue weighted by molar-refractivity contribution is 5.98. The number of benzene rings is 2. The molecule has 6 heteroatoms. The van der Waals surface area contributed by atoms with E-state index in [1.807, 2.05) is 0 Å². The normalized spacial score (nSPS) is 12.8. The highest BCUT2D eigenvalue weighted by atomic mass is 15.0. The van der Waals surface area contributed by atoms with Crippen molar-refractivity contribution >= 4 is 45.6 Å². The Hall–Kier alpha value is -5.10. The second-order valence-electron chi connectivity index (χ2n) is 14.0. The molecule has 2 aliphatic heterocycles. The second-order valence-corrected chi connectivity index (χ2v) is 14.0. The SMILES string of the molecule is CCC1=Cc2nc1nc1[nH]c(cc1CC)c(-c1c(C)cc(C)cc1C)c1cc(CC)c(nc3nc(c2-c2c(C)cc(C)cc2C)C=C3CC)[nH]1. The van der Waals surface area contributed by atoms with E-state index in [4.69, 9.17) is 19.9 Å². The maximum Gasteiger partial charge on any atom is 0.158 e. The van der Waals surface area contributed by atoms with Crippen molar-refractivity contribution in [1.82, 2.24) is 29.9 Å². The van der Waals surface area contributed by atoms with E-state index in [1.54, 1.807) is 0 Å². The standard InChI is InChI=1S/C44H48N6/c1-11-29-19-33-39(37-25(7)15-23(5)16-26(37)8)34-21-31(13-3)43(47-34)50-44-32(14-4)22-36(48-44)40(38-27(9)17-24(6)18-28(38)10)35-20-30(12-2)42(46-35)49-41(29)45-33/h15-22H,11-14H2,1-10H3,(H,45,46,49)(H,47,48,50). The summed E-state index contributed by atoms with van der Waals surface area (Å²) < 4.78 is 0. The first-order chi connectivity index (χ1) is 24.0. The van der Waals surface area contributed by atoms with Gasteiger partial charge in [0.15, 0.2) is 11.6 Å². The molecule has 2 aromatic carbocycles. The average Bonchev–Trinajstić information content (AvgIpc) is 3.85. The topological polar surface area (TPSA) is 83.1 Å². The molecule has 0 saturated carbocycles. The summed E-state index contributed by atoms with van der Waals surface area (Å²) in [7, 11) is 0. The van der Waals surface area contributed by atoms with Gasteiger partial charge in [0.05, 0.1) is 22.4 Å². The quantitative estimate of drug-likeness (QED) is 0.190. The van der Waals surface area contributed by atoms with Gasteiger partial charge in [0.1, 0.15) is 11.3 Å². The zero-order valence-electron chi connectivity index (χ0n) is 31.2. The van der Waals surface area contributed by atoms with Gasteiger partial charge in [-0.25, -0.2) is 19.9 Å². The molecule has 3 aromatic heterocycles. The molecule has 2 N–H and O–H groups in total. The van der Waals surface area contributed by atoms with Crippen molar-refractivity contribution in [1.29, 1.82) is 0 Å². The van der Waals surface area contributed by atoms with E-state index in [0.717, 1.165) is 104 Å². The van der Waals surface area contributed by atoms with Crippen LogP contribution in [0.4, 0.5) is 0 Å². The third-order valence-corrected chi connectivity index (χ3v) is 10.3. The van der Waals surface area contributed by atoms with Crippen molar-refractivity contribution in [3.8, 4) is 22.3 Å². The maximum atomic E-state index is 5.32. The fraction of sp³-hybridized carbons (Fsp3) is 0.318. The number of hydrogen-bond donors (Lipinski definition) is 2. The smallest absolute Gasteiger partial charge is 0.158 e. The third kappa shape index (κ3) is 5.70. The maximum absolute atomic E-state index is 5.32. The van der Waals surface area contributed by atoms with E-state index >= 15 is 0 Å². The molecule has 2 aliphatic rings. The van der Waals surface area contributed by atoms with Crippen LogP contribution in [0, 0.1) is 41.5 Å². The Balaban J connectivity index is 1.72. The summed E-state index contributed by atoms with van der Waals surface area (Å²) in [5.41, 5.74) is 22.1. The van der Waals surface area contributed by atoms with E-state index in [0.29, 0.717) is 0 Å². The van der Waals surface area contributed by atoms with Gasteiger partial charge in [-0.2, -0.15) is 0 Å². The first-order valence-electron chi connectivity index (χ1n) is 18.2. The molecule has 0 atom stereocenters. The predicted octanol–water partition coefficient (Wildman–Crippen LogP) is 11.3. The Morgan fingerprint density at radius 2 is 0.820 bits per heavy atom. The first kappa shape index (κ1) is 33.4. The second kappa shape index (κ2) is 13.0. The highest BCUT2D eigenvalue weighted by Gasteiger charge is 2.24. The lowest BCUT2D eigenvalue weighted by atomic mass is 9.91. The number of fused-ring (bicyclic) bond motifs is 8. The number of nitrogens with zero attached hydrogens (tertiary/aromatic N) is 4. The molecule has 6 nitrogen and oxygen atoms in total. The molecular formula is C44H48N6. The van der Waals surface area contributed by atoms with Gasteiger partial charge in [-0.15, -0.1) is 0 Å². The van der Waals surface area contributed by atoms with Crippen molar-refractivity contribution < 1.29 is 0 Å². The van der Waals surface area contributed by atoms with Gasteiger partial charge >= 0.3 is 0 Å². The number of H-pyrrole nitrogens is 2. The summed E-state index contributed by atoms with van der Waals surface area (Å²) in [5, 5.41) is 0. The number of rotatable bonds is 6. The molecule has 8 bridgehead atoms. The van der Waals surface area contributed by atoms with Gasteiger partial charge in [-0.05, 0) is 147 Å². The monoisotopic (exact) mass is 660 g/mol. The van der Waals surface area contributed by atoms with Crippen LogP contribution < -0.4 is 0 Å². The van der Waals surface area contributed by atoms with Crippen LogP contribution in [0.25, 0.3) is 67.9 Å². The Kier molecular flexibility index (Phi) is 8.67. The van der Waals surface area contributed by atoms with Crippen LogP contribution in [-0.2, 0) is 12.8 Å². The summed E-state index contributed by atoms with van der Waals surface area (Å²) in [4.78, 5) is 28.8. The van der Waals surface area contributed by atoms with Gasteiger partial charge in [-0.1, -0.05) is 63.1 Å². The van der Waals surface area contributed by atoms with E-state index in [2.05, 4.69) is 128 Å². The van der Waals surface area contributed by atoms with Gasteiger partial charge in [0, 0.05) is 11.1 Å². The molecule has 0 saturated heterocycles. The first-order valence-corrected chi connectivity index (χ1v) is 18.2. The van der Waals surface area contributed by atoms with Gasteiger partial charge in [0.25, 0.3) is 0 Å². The minimum absolute atomic E-state index is 0.754. The molecule has 5 aromatic rings. The summed E-state index contributed by atoms with van der Waals surface area (Å²) in [6.45, 7) is 21.9. The van der Waals surface area contributed by atoms with Crippen LogP contribution in [0.1, 0.15) is 108 Å². The van der Waals surface area contributed by atoms with Gasteiger partial charge < -0.3 is 9.97 Å². The Morgan fingerprint density at radius 1 is 0.440 bits per heavy atom. The summed E-state index contributed by atoms with van der Waals surface area (Å²) in [6.07, 6.45) is 7.76. The fourth-order valence-corrected chi connectivity index (χ4v) is 8.01. The summed E-state index contributed by atoms with van der Waals surface area (Å²) >= 11 is 0. The lowest BCUT2D eigenvalue weighted by Gasteiger charge is -2.13. The van der Waals surface area contributed by atoms with Crippen molar-refractivity contribution in [3.63, 3.8) is 0 Å². The number of aryl methyl sites for hydroxylation is 8. The average molecular weight is 661 g/mol. The van der Waals surface area contributed by atoms with Crippen molar-refractivity contribution in [2.24, 2.45) is 0 Å². The Labute approximate surface area is 295 Å².